The van der Waals surface area contributed by atoms with E-state index in [2.05, 4.69) is 41.9 Å². The van der Waals surface area contributed by atoms with Crippen LogP contribution in [0.25, 0.3) is 0 Å². The molecule has 1 aliphatic rings. The van der Waals surface area contributed by atoms with Crippen LogP contribution in [0.1, 0.15) is 22.7 Å². The molecule has 4 heteroatoms. The topological polar surface area (TPSA) is 50.9 Å². The highest BCUT2D eigenvalue weighted by atomic mass is 16.5. The van der Waals surface area contributed by atoms with Gasteiger partial charge in [0.2, 0.25) is 0 Å². The minimum atomic E-state index is 0.249. The maximum absolute atomic E-state index is 5.94. The first-order valence-corrected chi connectivity index (χ1v) is 6.25. The molecule has 0 radical (unpaired) electrons. The SMILES string of the molecule is COCCN1C(N)=NCC1c1cc(C)cc(C)c1. The second-order valence-electron chi connectivity index (χ2n) is 4.82. The number of aliphatic imine (C=N–C) groups is 1. The first-order valence-electron chi connectivity index (χ1n) is 6.25. The lowest BCUT2D eigenvalue weighted by Gasteiger charge is -2.26. The number of hydrogen-bond acceptors (Lipinski definition) is 4. The number of benzene rings is 1. The Morgan fingerprint density at radius 2 is 2.00 bits per heavy atom. The third kappa shape index (κ3) is 2.64. The first-order chi connectivity index (χ1) is 8.61. The van der Waals surface area contributed by atoms with Crippen molar-refractivity contribution in [3.05, 3.63) is 34.9 Å². The van der Waals surface area contributed by atoms with Gasteiger partial charge in [-0.25, -0.2) is 0 Å². The van der Waals surface area contributed by atoms with Gasteiger partial charge in [0.05, 0.1) is 19.2 Å². The van der Waals surface area contributed by atoms with Crippen molar-refractivity contribution in [3.63, 3.8) is 0 Å². The number of ether oxygens (including phenoxy) is 1. The van der Waals surface area contributed by atoms with Gasteiger partial charge in [-0.1, -0.05) is 29.3 Å². The summed E-state index contributed by atoms with van der Waals surface area (Å²) in [4.78, 5) is 6.48. The number of rotatable bonds is 4. The second kappa shape index (κ2) is 5.40. The van der Waals surface area contributed by atoms with Crippen LogP contribution in [0, 0.1) is 13.8 Å². The summed E-state index contributed by atoms with van der Waals surface area (Å²) in [5, 5.41) is 0. The van der Waals surface area contributed by atoms with Crippen molar-refractivity contribution >= 4 is 5.96 Å². The van der Waals surface area contributed by atoms with E-state index in [-0.39, 0.29) is 6.04 Å². The predicted octanol–water partition coefficient (Wildman–Crippen LogP) is 1.62. The number of guanidine groups is 1. The van der Waals surface area contributed by atoms with E-state index < -0.39 is 0 Å². The van der Waals surface area contributed by atoms with Crippen LogP contribution in [0.4, 0.5) is 0 Å². The molecule has 0 aromatic heterocycles. The fourth-order valence-corrected chi connectivity index (χ4v) is 2.48. The number of aryl methyl sites for hydroxylation is 2. The monoisotopic (exact) mass is 247 g/mol. The van der Waals surface area contributed by atoms with Crippen molar-refractivity contribution in [3.8, 4) is 0 Å². The van der Waals surface area contributed by atoms with Crippen LogP contribution in [0.15, 0.2) is 23.2 Å². The van der Waals surface area contributed by atoms with E-state index in [1.54, 1.807) is 7.11 Å². The lowest BCUT2D eigenvalue weighted by atomic mass is 10.0. The molecule has 1 aromatic carbocycles. The van der Waals surface area contributed by atoms with Gasteiger partial charge >= 0.3 is 0 Å². The molecule has 0 aliphatic carbocycles. The molecule has 0 amide bonds. The standard InChI is InChI=1S/C14H21N3O/c1-10-6-11(2)8-12(7-10)13-9-16-14(15)17(13)4-5-18-3/h6-8,13H,4-5,9H2,1-3H3,(H2,15,16). The molecular formula is C14H21N3O. The van der Waals surface area contributed by atoms with Gasteiger partial charge in [0.1, 0.15) is 0 Å². The summed E-state index contributed by atoms with van der Waals surface area (Å²) < 4.78 is 5.13. The van der Waals surface area contributed by atoms with E-state index in [4.69, 9.17) is 10.5 Å². The molecule has 1 aromatic rings. The molecule has 1 aliphatic heterocycles. The quantitative estimate of drug-likeness (QED) is 0.879. The van der Waals surface area contributed by atoms with Gasteiger partial charge < -0.3 is 15.4 Å². The van der Waals surface area contributed by atoms with Crippen molar-refractivity contribution < 1.29 is 4.74 Å². The van der Waals surface area contributed by atoms with Gasteiger partial charge in [0, 0.05) is 13.7 Å². The molecule has 1 unspecified atom stereocenters. The van der Waals surface area contributed by atoms with Gasteiger partial charge in [-0.3, -0.25) is 4.99 Å². The molecule has 1 atom stereocenters. The van der Waals surface area contributed by atoms with E-state index in [1.807, 2.05) is 0 Å². The number of methoxy groups -OCH3 is 1. The first kappa shape index (κ1) is 12.9. The zero-order chi connectivity index (χ0) is 13.1. The van der Waals surface area contributed by atoms with Gasteiger partial charge in [-0.15, -0.1) is 0 Å². The summed E-state index contributed by atoms with van der Waals surface area (Å²) in [6, 6.07) is 6.86. The highest BCUT2D eigenvalue weighted by molar-refractivity contribution is 5.80. The largest absolute Gasteiger partial charge is 0.383 e. The molecule has 2 N–H and O–H groups in total. The molecule has 2 rings (SSSR count). The van der Waals surface area contributed by atoms with E-state index in [0.29, 0.717) is 12.6 Å². The van der Waals surface area contributed by atoms with Crippen molar-refractivity contribution in [2.24, 2.45) is 10.7 Å². The molecule has 18 heavy (non-hydrogen) atoms. The summed E-state index contributed by atoms with van der Waals surface area (Å²) >= 11 is 0. The van der Waals surface area contributed by atoms with Crippen LogP contribution >= 0.6 is 0 Å². The normalized spacial score (nSPS) is 19.2. The fourth-order valence-electron chi connectivity index (χ4n) is 2.48. The highest BCUT2D eigenvalue weighted by Crippen LogP contribution is 2.26. The zero-order valence-corrected chi connectivity index (χ0v) is 11.3. The molecule has 0 saturated carbocycles. The van der Waals surface area contributed by atoms with Crippen molar-refractivity contribution in [2.75, 3.05) is 26.8 Å². The fraction of sp³-hybridized carbons (Fsp3) is 0.500. The Morgan fingerprint density at radius 3 is 2.61 bits per heavy atom. The van der Waals surface area contributed by atoms with E-state index >= 15 is 0 Å². The van der Waals surface area contributed by atoms with Gasteiger partial charge in [-0.2, -0.15) is 0 Å². The summed E-state index contributed by atoms with van der Waals surface area (Å²) in [5.74, 6) is 0.621. The smallest absolute Gasteiger partial charge is 0.192 e. The summed E-state index contributed by atoms with van der Waals surface area (Å²) in [7, 11) is 1.70. The van der Waals surface area contributed by atoms with Crippen molar-refractivity contribution in [1.29, 1.82) is 0 Å². The zero-order valence-electron chi connectivity index (χ0n) is 11.3. The average Bonchev–Trinajstić information content (AvgIpc) is 2.67. The molecule has 98 valence electrons. The van der Waals surface area contributed by atoms with Crippen LogP contribution in [0.3, 0.4) is 0 Å². The van der Waals surface area contributed by atoms with Crippen LogP contribution in [0.5, 0.6) is 0 Å². The van der Waals surface area contributed by atoms with E-state index in [9.17, 15) is 0 Å². The maximum Gasteiger partial charge on any atom is 0.192 e. The predicted molar refractivity (Wildman–Crippen MR) is 73.7 cm³/mol. The Kier molecular flexibility index (Phi) is 3.87. The van der Waals surface area contributed by atoms with Gasteiger partial charge in [0.25, 0.3) is 0 Å². The van der Waals surface area contributed by atoms with Crippen molar-refractivity contribution in [2.45, 2.75) is 19.9 Å². The third-order valence-electron chi connectivity index (χ3n) is 3.26. The van der Waals surface area contributed by atoms with Crippen LogP contribution < -0.4 is 5.73 Å². The Morgan fingerprint density at radius 1 is 1.33 bits per heavy atom. The molecular weight excluding hydrogens is 226 g/mol. The number of hydrogen-bond donors (Lipinski definition) is 1. The molecule has 0 spiro atoms. The summed E-state index contributed by atoms with van der Waals surface area (Å²) in [6.45, 7) is 6.42. The third-order valence-corrected chi connectivity index (χ3v) is 3.26. The Balaban J connectivity index is 2.21. The average molecular weight is 247 g/mol. The molecule has 0 saturated heterocycles. The van der Waals surface area contributed by atoms with E-state index in [0.717, 1.165) is 13.1 Å². The maximum atomic E-state index is 5.94. The van der Waals surface area contributed by atoms with Gasteiger partial charge in [0.15, 0.2) is 5.96 Å². The summed E-state index contributed by atoms with van der Waals surface area (Å²) in [5.41, 5.74) is 9.79. The molecule has 0 bridgehead atoms. The molecule has 4 nitrogen and oxygen atoms in total. The summed E-state index contributed by atoms with van der Waals surface area (Å²) in [6.07, 6.45) is 0. The van der Waals surface area contributed by atoms with Gasteiger partial charge in [-0.05, 0) is 19.4 Å². The molecule has 1 heterocycles. The van der Waals surface area contributed by atoms with Crippen molar-refractivity contribution in [1.82, 2.24) is 4.90 Å². The number of nitrogens with two attached hydrogens (primary N) is 1. The van der Waals surface area contributed by atoms with Crippen LogP contribution in [0.2, 0.25) is 0 Å². The Bertz CT molecular complexity index is 436. The minimum Gasteiger partial charge on any atom is -0.383 e. The second-order valence-corrected chi connectivity index (χ2v) is 4.82. The van der Waals surface area contributed by atoms with E-state index in [1.165, 1.54) is 16.7 Å². The Labute approximate surface area is 108 Å². The van der Waals surface area contributed by atoms with Crippen LogP contribution in [-0.2, 0) is 4.74 Å². The highest BCUT2D eigenvalue weighted by Gasteiger charge is 2.27. The minimum absolute atomic E-state index is 0.249. The lowest BCUT2D eigenvalue weighted by Crippen LogP contribution is -2.38. The molecule has 0 fully saturated rings. The Hall–Kier alpha value is -1.55. The lowest BCUT2D eigenvalue weighted by molar-refractivity contribution is 0.166. The van der Waals surface area contributed by atoms with Crippen LogP contribution in [-0.4, -0.2) is 37.7 Å². The number of nitrogens with zero attached hydrogens (tertiary/aromatic N) is 2.